The molecule has 1 saturated heterocycles. The predicted octanol–water partition coefficient (Wildman–Crippen LogP) is 6.67. The van der Waals surface area contributed by atoms with Crippen LogP contribution in [0.2, 0.25) is 0 Å². The Morgan fingerprint density at radius 2 is 1.55 bits per heavy atom. The third kappa shape index (κ3) is 18.0. The number of aromatic nitrogens is 1. The van der Waals surface area contributed by atoms with E-state index in [0.717, 1.165) is 17.0 Å². The number of rotatable bonds is 29. The van der Waals surface area contributed by atoms with Crippen LogP contribution in [0.15, 0.2) is 66.2 Å². The Labute approximate surface area is 447 Å². The molecule has 0 radical (unpaired) electrons. The number of methoxy groups -OCH3 is 2. The molecule has 8 amide bonds. The summed E-state index contributed by atoms with van der Waals surface area (Å²) in [5.41, 5.74) is 7.35. The number of urea groups is 1. The molecule has 414 valence electrons. The fourth-order valence-corrected chi connectivity index (χ4v) is 10.5. The van der Waals surface area contributed by atoms with Crippen LogP contribution in [0.5, 0.6) is 0 Å². The summed E-state index contributed by atoms with van der Waals surface area (Å²) in [5.74, 6) is -2.93. The maximum absolute atomic E-state index is 14.7. The molecule has 19 nitrogen and oxygen atoms in total. The highest BCUT2D eigenvalue weighted by Crippen LogP contribution is 2.31. The van der Waals surface area contributed by atoms with Crippen molar-refractivity contribution in [2.24, 2.45) is 29.4 Å². The lowest BCUT2D eigenvalue weighted by Crippen LogP contribution is -2.60. The van der Waals surface area contributed by atoms with Crippen molar-refractivity contribution in [1.29, 1.82) is 0 Å². The molecule has 75 heavy (non-hydrogen) atoms. The standard InChI is InChI=1S/C55H83N9O10S/c1-12-36(6)48(43(72-10)32-45(66)64-29-18-21-42(64)49(73-11)37(7)50(67)60-41(52-57-28-30-75-52)31-38-19-14-13-15-20-38)62(8)53(69)46(34(2)3)61-51(68)47(35(4)5)63(9)55(71)74-33-39-23-25-40(26-24-39)59-44(65)22-16-17-27-58-54(56)70/h13-15,19-20,23-26,28,30,34-37,41-43,46-49H,12,16-18,21-22,27,29,31-33H2,1-11H3,(H,59,65)(H,60,67)(H,61,68)(H3,56,58,70)/t36-,37+,41-,42-,43+,46-,47-,48-,49+/m0/s1. The maximum Gasteiger partial charge on any atom is 0.410 e. The number of carbonyl (C=O) groups excluding carboxylic acids is 7. The van der Waals surface area contributed by atoms with Crippen molar-refractivity contribution in [3.05, 3.63) is 82.3 Å². The molecule has 0 saturated carbocycles. The molecular formula is C55H83N9O10S. The van der Waals surface area contributed by atoms with Crippen LogP contribution in [-0.2, 0) is 51.2 Å². The molecule has 20 heteroatoms. The highest BCUT2D eigenvalue weighted by atomic mass is 32.1. The topological polar surface area (TPSA) is 244 Å². The van der Waals surface area contributed by atoms with Gasteiger partial charge in [0.1, 0.15) is 23.7 Å². The monoisotopic (exact) mass is 1060 g/mol. The van der Waals surface area contributed by atoms with Crippen molar-refractivity contribution >= 4 is 58.7 Å². The third-order valence-electron chi connectivity index (χ3n) is 14.2. The van der Waals surface area contributed by atoms with Gasteiger partial charge in [-0.05, 0) is 73.1 Å². The Morgan fingerprint density at radius 3 is 2.13 bits per heavy atom. The van der Waals surface area contributed by atoms with Gasteiger partial charge in [-0.25, -0.2) is 14.6 Å². The Kier molecular flexibility index (Phi) is 24.9. The van der Waals surface area contributed by atoms with E-state index in [1.807, 2.05) is 70.3 Å². The second-order valence-electron chi connectivity index (χ2n) is 20.3. The van der Waals surface area contributed by atoms with Crippen molar-refractivity contribution in [3.63, 3.8) is 0 Å². The number of carbonyl (C=O) groups is 7. The number of likely N-dealkylation sites (N-methyl/N-ethyl adjacent to an activating group) is 2. The number of hydrogen-bond acceptors (Lipinski definition) is 12. The first kappa shape index (κ1) is 61.4. The van der Waals surface area contributed by atoms with Gasteiger partial charge in [-0.3, -0.25) is 28.9 Å². The summed E-state index contributed by atoms with van der Waals surface area (Å²) in [7, 11) is 6.26. The zero-order chi connectivity index (χ0) is 55.4. The molecule has 2 aromatic carbocycles. The van der Waals surface area contributed by atoms with Crippen molar-refractivity contribution < 1.29 is 47.8 Å². The Morgan fingerprint density at radius 1 is 0.853 bits per heavy atom. The number of likely N-dealkylation sites (tertiary alicyclic amines) is 1. The molecular weight excluding hydrogens is 979 g/mol. The minimum absolute atomic E-state index is 0.0401. The van der Waals surface area contributed by atoms with Gasteiger partial charge in [0.15, 0.2) is 0 Å². The number of primary amides is 1. The van der Waals surface area contributed by atoms with Crippen LogP contribution in [0.4, 0.5) is 15.3 Å². The van der Waals surface area contributed by atoms with Crippen LogP contribution in [0.3, 0.4) is 0 Å². The van der Waals surface area contributed by atoms with Gasteiger partial charge in [0.05, 0.1) is 42.7 Å². The van der Waals surface area contributed by atoms with E-state index in [2.05, 4.69) is 26.3 Å². The number of benzene rings is 2. The van der Waals surface area contributed by atoms with E-state index in [4.69, 9.17) is 19.9 Å². The van der Waals surface area contributed by atoms with Crippen molar-refractivity contribution in [2.45, 2.75) is 149 Å². The Hall–Kier alpha value is -6.12. The summed E-state index contributed by atoms with van der Waals surface area (Å²) in [6.45, 7) is 13.9. The van der Waals surface area contributed by atoms with Crippen LogP contribution in [0.1, 0.15) is 116 Å². The molecule has 2 heterocycles. The van der Waals surface area contributed by atoms with E-state index < -0.39 is 54.3 Å². The van der Waals surface area contributed by atoms with Crippen molar-refractivity contribution in [1.82, 2.24) is 35.6 Å². The van der Waals surface area contributed by atoms with Gasteiger partial charge >= 0.3 is 12.1 Å². The minimum atomic E-state index is -0.998. The lowest BCUT2D eigenvalue weighted by Gasteiger charge is -2.41. The van der Waals surface area contributed by atoms with Gasteiger partial charge in [0.2, 0.25) is 29.5 Å². The maximum atomic E-state index is 14.7. The number of nitrogens with one attached hydrogen (secondary N) is 4. The summed E-state index contributed by atoms with van der Waals surface area (Å²) in [4.78, 5) is 103. The van der Waals surface area contributed by atoms with E-state index >= 15 is 0 Å². The number of nitrogens with two attached hydrogens (primary N) is 1. The molecule has 6 N–H and O–H groups in total. The zero-order valence-electron chi connectivity index (χ0n) is 45.8. The molecule has 3 aromatic rings. The van der Waals surface area contributed by atoms with Crippen LogP contribution < -0.4 is 27.0 Å². The molecule has 9 atom stereocenters. The second-order valence-corrected chi connectivity index (χ2v) is 21.2. The van der Waals surface area contributed by atoms with E-state index in [1.165, 1.54) is 30.4 Å². The first-order valence-corrected chi connectivity index (χ1v) is 27.1. The summed E-state index contributed by atoms with van der Waals surface area (Å²) in [6.07, 6.45) is 3.66. The normalized spacial score (nSPS) is 16.7. The molecule has 0 spiro atoms. The molecule has 1 aliphatic heterocycles. The number of thiazole rings is 1. The number of amides is 8. The summed E-state index contributed by atoms with van der Waals surface area (Å²) < 4.78 is 17.8. The number of nitrogens with zero attached hydrogens (tertiary/aromatic N) is 4. The van der Waals surface area contributed by atoms with E-state index in [1.54, 1.807) is 68.3 Å². The first-order chi connectivity index (χ1) is 35.7. The van der Waals surface area contributed by atoms with Gasteiger partial charge in [-0.2, -0.15) is 0 Å². The Bertz CT molecular complexity index is 2290. The number of hydrogen-bond donors (Lipinski definition) is 5. The van der Waals surface area contributed by atoms with Crippen molar-refractivity contribution in [3.8, 4) is 0 Å². The average molecular weight is 1060 g/mol. The molecule has 0 unspecified atom stereocenters. The van der Waals surface area contributed by atoms with Crippen LogP contribution >= 0.6 is 11.3 Å². The number of ether oxygens (including phenoxy) is 3. The Balaban J connectivity index is 1.40. The summed E-state index contributed by atoms with van der Waals surface area (Å²) >= 11 is 1.48. The average Bonchev–Trinajstić information content (AvgIpc) is 4.11. The number of unbranched alkanes of at least 4 members (excludes halogenated alkanes) is 1. The van der Waals surface area contributed by atoms with Crippen molar-refractivity contribution in [2.75, 3.05) is 46.7 Å². The van der Waals surface area contributed by atoms with Gasteiger partial charge in [-0.15, -0.1) is 11.3 Å². The van der Waals surface area contributed by atoms with Crippen LogP contribution in [-0.4, -0.2) is 139 Å². The SMILES string of the molecule is CC[C@H](C)[C@@H]([C@@H](CC(=O)N1CCC[C@H]1[C@H](OC)[C@@H](C)C(=O)N[C@@H](Cc1ccccc1)c1nccs1)OC)N(C)C(=O)[C@@H](NC(=O)[C@H](C(C)C)N(C)C(=O)OCc1ccc(NC(=O)CCCCNC(N)=O)cc1)C(C)C. The van der Waals surface area contributed by atoms with Gasteiger partial charge in [-0.1, -0.05) is 97.4 Å². The minimum Gasteiger partial charge on any atom is -0.445 e. The molecule has 0 bridgehead atoms. The summed E-state index contributed by atoms with van der Waals surface area (Å²) in [6, 6.07) is 12.9. The fraction of sp³-hybridized carbons (Fsp3) is 0.600. The summed E-state index contributed by atoms with van der Waals surface area (Å²) in [5, 5.41) is 14.2. The lowest BCUT2D eigenvalue weighted by atomic mass is 9.89. The van der Waals surface area contributed by atoms with E-state index in [9.17, 15) is 33.6 Å². The second kappa shape index (κ2) is 30.4. The van der Waals surface area contributed by atoms with Crippen LogP contribution in [0, 0.1) is 23.7 Å². The number of anilines is 1. The predicted molar refractivity (Wildman–Crippen MR) is 289 cm³/mol. The van der Waals surface area contributed by atoms with Crippen LogP contribution in [0.25, 0.3) is 0 Å². The molecule has 0 aliphatic carbocycles. The van der Waals surface area contributed by atoms with E-state index in [0.29, 0.717) is 56.4 Å². The van der Waals surface area contributed by atoms with Gasteiger partial charge in [0.25, 0.3) is 0 Å². The first-order valence-electron chi connectivity index (χ1n) is 26.2. The quantitative estimate of drug-likeness (QED) is 0.0460. The molecule has 1 aromatic heterocycles. The van der Waals surface area contributed by atoms with Gasteiger partial charge < -0.3 is 51.0 Å². The van der Waals surface area contributed by atoms with E-state index in [-0.39, 0.29) is 72.9 Å². The fourth-order valence-electron chi connectivity index (χ4n) is 9.85. The lowest BCUT2D eigenvalue weighted by molar-refractivity contribution is -0.148. The zero-order valence-corrected chi connectivity index (χ0v) is 46.7. The van der Waals surface area contributed by atoms with Gasteiger partial charge in [0, 0.05) is 65.1 Å². The molecule has 1 fully saturated rings. The largest absolute Gasteiger partial charge is 0.445 e. The smallest absolute Gasteiger partial charge is 0.410 e. The highest BCUT2D eigenvalue weighted by molar-refractivity contribution is 7.09. The third-order valence-corrected chi connectivity index (χ3v) is 15.1. The highest BCUT2D eigenvalue weighted by Gasteiger charge is 2.44. The molecule has 1 aliphatic rings. The molecule has 4 rings (SSSR count).